The van der Waals surface area contributed by atoms with Crippen molar-refractivity contribution in [3.8, 4) is 0 Å². The quantitative estimate of drug-likeness (QED) is 0.550. The van der Waals surface area contributed by atoms with E-state index in [0.29, 0.717) is 17.6 Å². The summed E-state index contributed by atoms with van der Waals surface area (Å²) in [5.74, 6) is -0.105. The predicted molar refractivity (Wildman–Crippen MR) is 104 cm³/mol. The van der Waals surface area contributed by atoms with E-state index in [-0.39, 0.29) is 22.9 Å². The van der Waals surface area contributed by atoms with Crippen LogP contribution in [0.3, 0.4) is 0 Å². The van der Waals surface area contributed by atoms with Gasteiger partial charge in [-0.05, 0) is 36.3 Å². The first-order chi connectivity index (χ1) is 12.3. The van der Waals surface area contributed by atoms with Crippen molar-refractivity contribution in [1.82, 2.24) is 0 Å². The van der Waals surface area contributed by atoms with Gasteiger partial charge < -0.3 is 10.6 Å². The molecule has 0 heterocycles. The zero-order chi connectivity index (χ0) is 19.3. The Balaban J connectivity index is 2.39. The number of nitro benzene ring substituents is 1. The summed E-state index contributed by atoms with van der Waals surface area (Å²) in [5, 5.41) is 11.8. The Morgan fingerprint density at radius 2 is 1.92 bits per heavy atom. The Kier molecular flexibility index (Phi) is 7.00. The number of carbonyl (C=O) groups is 1. The highest BCUT2D eigenvalue weighted by molar-refractivity contribution is 5.75. The summed E-state index contributed by atoms with van der Waals surface area (Å²) in [5.41, 5.74) is 6.89. The molecule has 0 aromatic heterocycles. The van der Waals surface area contributed by atoms with Crippen LogP contribution in [0.15, 0.2) is 18.2 Å². The Bertz CT molecular complexity index is 639. The molecule has 144 valence electrons. The lowest BCUT2D eigenvalue weighted by atomic mass is 9.92. The van der Waals surface area contributed by atoms with Crippen LogP contribution < -0.4 is 10.6 Å². The number of nitrogens with two attached hydrogens (primary N) is 1. The van der Waals surface area contributed by atoms with Gasteiger partial charge in [0.2, 0.25) is 5.91 Å². The van der Waals surface area contributed by atoms with Crippen LogP contribution in [0.5, 0.6) is 0 Å². The maximum Gasteiger partial charge on any atom is 0.292 e. The van der Waals surface area contributed by atoms with Crippen molar-refractivity contribution in [1.29, 1.82) is 0 Å². The molecular formula is C20H31N3O3. The molecule has 0 radical (unpaired) electrons. The van der Waals surface area contributed by atoms with Gasteiger partial charge in [0, 0.05) is 25.1 Å². The molecule has 1 fully saturated rings. The highest BCUT2D eigenvalue weighted by Gasteiger charge is 2.28. The molecule has 0 bridgehead atoms. The van der Waals surface area contributed by atoms with Crippen LogP contribution >= 0.6 is 0 Å². The lowest BCUT2D eigenvalue weighted by Crippen LogP contribution is -2.39. The summed E-state index contributed by atoms with van der Waals surface area (Å²) in [4.78, 5) is 24.9. The van der Waals surface area contributed by atoms with Crippen LogP contribution in [0.2, 0.25) is 0 Å². The van der Waals surface area contributed by atoms with Gasteiger partial charge in [0.25, 0.3) is 5.69 Å². The van der Waals surface area contributed by atoms with Crippen LogP contribution in [0.25, 0.3) is 0 Å². The Hall–Kier alpha value is -2.11. The van der Waals surface area contributed by atoms with Gasteiger partial charge in [-0.1, -0.05) is 46.1 Å². The molecule has 1 atom stereocenters. The van der Waals surface area contributed by atoms with Gasteiger partial charge >= 0.3 is 0 Å². The third-order valence-electron chi connectivity index (χ3n) is 5.16. The highest BCUT2D eigenvalue weighted by Crippen LogP contribution is 2.36. The summed E-state index contributed by atoms with van der Waals surface area (Å²) in [6.07, 6.45) is 5.97. The molecule has 6 nitrogen and oxygen atoms in total. The highest BCUT2D eigenvalue weighted by atomic mass is 16.6. The predicted octanol–water partition coefficient (Wildman–Crippen LogP) is 4.37. The van der Waals surface area contributed by atoms with E-state index in [1.165, 1.54) is 19.3 Å². The van der Waals surface area contributed by atoms with Crippen molar-refractivity contribution in [3.05, 3.63) is 33.9 Å². The second kappa shape index (κ2) is 9.01. The maximum absolute atomic E-state index is 11.8. The smallest absolute Gasteiger partial charge is 0.292 e. The number of benzene rings is 1. The molecule has 1 saturated carbocycles. The number of carbonyl (C=O) groups excluding carboxylic acids is 1. The summed E-state index contributed by atoms with van der Waals surface area (Å²) in [6, 6.07) is 5.76. The van der Waals surface area contributed by atoms with E-state index in [9.17, 15) is 14.9 Å². The second-order valence-electron chi connectivity index (χ2n) is 7.91. The Morgan fingerprint density at radius 1 is 1.27 bits per heavy atom. The summed E-state index contributed by atoms with van der Waals surface area (Å²) in [7, 11) is 0. The number of nitrogens with zero attached hydrogens (tertiary/aromatic N) is 2. The molecule has 26 heavy (non-hydrogen) atoms. The van der Waals surface area contributed by atoms with Crippen LogP contribution in [-0.2, 0) is 4.79 Å². The van der Waals surface area contributed by atoms with Crippen molar-refractivity contribution in [3.63, 3.8) is 0 Å². The fourth-order valence-corrected chi connectivity index (χ4v) is 3.89. The van der Waals surface area contributed by atoms with Crippen LogP contribution in [-0.4, -0.2) is 23.4 Å². The molecule has 1 aliphatic rings. The van der Waals surface area contributed by atoms with E-state index < -0.39 is 5.91 Å². The van der Waals surface area contributed by atoms with Gasteiger partial charge in [0.05, 0.1) is 4.92 Å². The van der Waals surface area contributed by atoms with Gasteiger partial charge in [-0.2, -0.15) is 0 Å². The first-order valence-corrected chi connectivity index (χ1v) is 9.62. The number of nitro groups is 1. The van der Waals surface area contributed by atoms with Crippen molar-refractivity contribution in [2.24, 2.45) is 11.7 Å². The molecule has 1 aromatic carbocycles. The van der Waals surface area contributed by atoms with E-state index in [2.05, 4.69) is 18.7 Å². The van der Waals surface area contributed by atoms with Gasteiger partial charge in [-0.15, -0.1) is 0 Å². The van der Waals surface area contributed by atoms with Gasteiger partial charge in [-0.3, -0.25) is 14.9 Å². The Labute approximate surface area is 155 Å². The number of hydrogen-bond acceptors (Lipinski definition) is 4. The molecule has 0 spiro atoms. The Morgan fingerprint density at radius 3 is 2.46 bits per heavy atom. The fourth-order valence-electron chi connectivity index (χ4n) is 3.89. The molecule has 0 aliphatic heterocycles. The molecule has 0 unspecified atom stereocenters. The largest absolute Gasteiger partial charge is 0.370 e. The molecule has 6 heteroatoms. The molecular weight excluding hydrogens is 330 g/mol. The van der Waals surface area contributed by atoms with Gasteiger partial charge in [-0.25, -0.2) is 0 Å². The van der Waals surface area contributed by atoms with Crippen molar-refractivity contribution < 1.29 is 9.72 Å². The summed E-state index contributed by atoms with van der Waals surface area (Å²) in [6.45, 7) is 6.97. The number of primary amides is 1. The standard InChI is InChI=1S/C20H31N3O3/c1-14(2)13-22(17-7-5-4-6-8-17)18-10-9-16(12-19(18)23(25)26)15(3)11-20(21)24/h9-10,12,14-15,17H,4-8,11,13H2,1-3H3,(H2,21,24)/t15-/m1/s1. The minimum absolute atomic E-state index is 0.130. The van der Waals surface area contributed by atoms with Gasteiger partial charge in [0.15, 0.2) is 0 Å². The van der Waals surface area contributed by atoms with Crippen molar-refractivity contribution in [2.75, 3.05) is 11.4 Å². The molecule has 1 amide bonds. The molecule has 0 saturated heterocycles. The van der Waals surface area contributed by atoms with E-state index in [1.807, 2.05) is 19.1 Å². The SMILES string of the molecule is CC(C)CN(c1ccc([C@H](C)CC(N)=O)cc1[N+](=O)[O-])C1CCCCC1. The summed E-state index contributed by atoms with van der Waals surface area (Å²) >= 11 is 0. The lowest BCUT2D eigenvalue weighted by molar-refractivity contribution is -0.384. The van der Waals surface area contributed by atoms with E-state index in [4.69, 9.17) is 5.73 Å². The second-order valence-corrected chi connectivity index (χ2v) is 7.91. The average Bonchev–Trinajstić information content (AvgIpc) is 2.59. The lowest BCUT2D eigenvalue weighted by Gasteiger charge is -2.37. The summed E-state index contributed by atoms with van der Waals surface area (Å²) < 4.78 is 0. The monoisotopic (exact) mass is 361 g/mol. The zero-order valence-electron chi connectivity index (χ0n) is 16.1. The minimum atomic E-state index is -0.395. The zero-order valence-corrected chi connectivity index (χ0v) is 16.1. The van der Waals surface area contributed by atoms with Crippen LogP contribution in [0.1, 0.15) is 70.8 Å². The average molecular weight is 361 g/mol. The number of anilines is 1. The molecule has 2 N–H and O–H groups in total. The van der Waals surface area contributed by atoms with Crippen molar-refractivity contribution in [2.45, 2.75) is 71.3 Å². The minimum Gasteiger partial charge on any atom is -0.370 e. The van der Waals surface area contributed by atoms with E-state index in [1.54, 1.807) is 6.07 Å². The fraction of sp³-hybridized carbons (Fsp3) is 0.650. The van der Waals surface area contributed by atoms with E-state index in [0.717, 1.165) is 24.9 Å². The van der Waals surface area contributed by atoms with Crippen molar-refractivity contribution >= 4 is 17.3 Å². The van der Waals surface area contributed by atoms with Gasteiger partial charge in [0.1, 0.15) is 5.69 Å². The topological polar surface area (TPSA) is 89.5 Å². The third-order valence-corrected chi connectivity index (χ3v) is 5.16. The van der Waals surface area contributed by atoms with Crippen LogP contribution in [0.4, 0.5) is 11.4 Å². The molecule has 2 rings (SSSR count). The first kappa shape index (κ1) is 20.2. The first-order valence-electron chi connectivity index (χ1n) is 9.62. The normalized spacial score (nSPS) is 16.5. The van der Waals surface area contributed by atoms with E-state index >= 15 is 0 Å². The number of hydrogen-bond donors (Lipinski definition) is 1. The number of amides is 1. The molecule has 1 aromatic rings. The third kappa shape index (κ3) is 5.19. The molecule has 1 aliphatic carbocycles. The van der Waals surface area contributed by atoms with Crippen LogP contribution in [0, 0.1) is 16.0 Å². The maximum atomic E-state index is 11.8. The number of rotatable bonds is 8.